The van der Waals surface area contributed by atoms with Gasteiger partial charge >= 0.3 is 5.69 Å². The summed E-state index contributed by atoms with van der Waals surface area (Å²) in [5.41, 5.74) is -0.833. The Labute approximate surface area is 168 Å². The van der Waals surface area contributed by atoms with Crippen LogP contribution in [0, 0.1) is 10.1 Å². The summed E-state index contributed by atoms with van der Waals surface area (Å²) in [5.74, 6) is 0.304. The summed E-state index contributed by atoms with van der Waals surface area (Å²) in [6.07, 6.45) is 0. The molecule has 0 saturated heterocycles. The van der Waals surface area contributed by atoms with Gasteiger partial charge in [0, 0.05) is 31.8 Å². The van der Waals surface area contributed by atoms with Crippen LogP contribution in [0.2, 0.25) is 5.02 Å². The van der Waals surface area contributed by atoms with Crippen LogP contribution in [0.25, 0.3) is 0 Å². The zero-order valence-corrected chi connectivity index (χ0v) is 16.0. The molecule has 0 atom stereocenters. The summed E-state index contributed by atoms with van der Waals surface area (Å²) in [6.45, 7) is 0. The first-order valence-corrected chi connectivity index (χ1v) is 8.77. The van der Waals surface area contributed by atoms with E-state index in [2.05, 4.69) is 4.99 Å². The van der Waals surface area contributed by atoms with Crippen LogP contribution in [0.4, 0.5) is 11.4 Å². The smallest absolute Gasteiger partial charge is 0.333 e. The van der Waals surface area contributed by atoms with Gasteiger partial charge in [-0.15, -0.1) is 0 Å². The van der Waals surface area contributed by atoms with Gasteiger partial charge in [0.1, 0.15) is 11.3 Å². The molecular weight excluding hydrogens is 400 g/mol. The predicted octanol–water partition coefficient (Wildman–Crippen LogP) is 2.92. The van der Waals surface area contributed by atoms with E-state index in [1.807, 2.05) is 0 Å². The Morgan fingerprint density at radius 2 is 1.83 bits per heavy atom. The molecule has 29 heavy (non-hydrogen) atoms. The van der Waals surface area contributed by atoms with Crippen molar-refractivity contribution in [3.63, 3.8) is 0 Å². The molecule has 0 radical (unpaired) electrons. The van der Waals surface area contributed by atoms with E-state index in [1.54, 1.807) is 24.3 Å². The maximum absolute atomic E-state index is 13.0. The number of aliphatic imine (C=N–C) groups is 1. The minimum atomic E-state index is -0.655. The molecule has 0 aliphatic carbocycles. The first-order valence-electron chi connectivity index (χ1n) is 8.40. The number of hydrogen-bond donors (Lipinski definition) is 0. The van der Waals surface area contributed by atoms with Crippen LogP contribution >= 0.6 is 11.6 Å². The first-order chi connectivity index (χ1) is 13.8. The monoisotopic (exact) mass is 412 g/mol. The minimum Gasteiger partial charge on any atom is -0.437 e. The van der Waals surface area contributed by atoms with Crippen molar-refractivity contribution >= 4 is 28.7 Å². The number of fused-ring (bicyclic) bond motifs is 2. The fourth-order valence-corrected chi connectivity index (χ4v) is 3.27. The number of halogens is 1. The van der Waals surface area contributed by atoms with Crippen LogP contribution < -0.4 is 16.0 Å². The molecular formula is C19H13ClN4O5. The number of non-ortho nitro benzene ring substituents is 1. The third kappa shape index (κ3) is 2.92. The molecule has 2 aromatic carbocycles. The lowest BCUT2D eigenvalue weighted by Gasteiger charge is -2.15. The molecule has 0 fully saturated rings. The van der Waals surface area contributed by atoms with Crippen molar-refractivity contribution in [3.8, 4) is 11.6 Å². The van der Waals surface area contributed by atoms with Crippen LogP contribution in [-0.2, 0) is 14.1 Å². The van der Waals surface area contributed by atoms with E-state index < -0.39 is 16.2 Å². The van der Waals surface area contributed by atoms with E-state index in [4.69, 9.17) is 16.3 Å². The highest BCUT2D eigenvalue weighted by atomic mass is 35.5. The van der Waals surface area contributed by atoms with E-state index in [0.29, 0.717) is 11.4 Å². The molecule has 1 aliphatic heterocycles. The van der Waals surface area contributed by atoms with Crippen LogP contribution in [-0.4, -0.2) is 19.8 Å². The van der Waals surface area contributed by atoms with Gasteiger partial charge in [0.25, 0.3) is 11.2 Å². The van der Waals surface area contributed by atoms with Crippen molar-refractivity contribution in [2.45, 2.75) is 0 Å². The summed E-state index contributed by atoms with van der Waals surface area (Å²) < 4.78 is 7.97. The predicted molar refractivity (Wildman–Crippen MR) is 107 cm³/mol. The highest BCUT2D eigenvalue weighted by Crippen LogP contribution is 2.38. The lowest BCUT2D eigenvalue weighted by molar-refractivity contribution is -0.384. The number of nitro benzene ring substituents is 1. The molecule has 0 bridgehead atoms. The third-order valence-corrected chi connectivity index (χ3v) is 4.90. The number of nitro groups is 1. The molecule has 0 amide bonds. The molecule has 1 aromatic heterocycles. The molecule has 1 aliphatic rings. The summed E-state index contributed by atoms with van der Waals surface area (Å²) in [4.78, 5) is 40.7. The second-order valence-corrected chi connectivity index (χ2v) is 6.74. The van der Waals surface area contributed by atoms with Crippen molar-refractivity contribution in [1.82, 2.24) is 9.13 Å². The van der Waals surface area contributed by atoms with Crippen molar-refractivity contribution in [2.75, 3.05) is 0 Å². The Bertz CT molecular complexity index is 1340. The highest BCUT2D eigenvalue weighted by Gasteiger charge is 2.29. The largest absolute Gasteiger partial charge is 0.437 e. The van der Waals surface area contributed by atoms with Gasteiger partial charge in [-0.05, 0) is 18.2 Å². The molecule has 0 spiro atoms. The van der Waals surface area contributed by atoms with Gasteiger partial charge in [-0.25, -0.2) is 9.79 Å². The van der Waals surface area contributed by atoms with Crippen LogP contribution in [0.1, 0.15) is 11.1 Å². The van der Waals surface area contributed by atoms with E-state index in [9.17, 15) is 19.7 Å². The molecule has 10 heteroatoms. The van der Waals surface area contributed by atoms with Gasteiger partial charge in [-0.3, -0.25) is 24.0 Å². The Kier molecular flexibility index (Phi) is 4.31. The molecule has 0 N–H and O–H groups in total. The SMILES string of the molecule is Cn1c2c(c(=O)n(C)c1=O)C(c1cc([N+](=O)[O-])ccc1Cl)=Nc1ccccc1O2. The highest BCUT2D eigenvalue weighted by molar-refractivity contribution is 6.36. The van der Waals surface area contributed by atoms with Crippen molar-refractivity contribution in [2.24, 2.45) is 19.1 Å². The summed E-state index contributed by atoms with van der Waals surface area (Å²) in [6, 6.07) is 10.6. The second-order valence-electron chi connectivity index (χ2n) is 6.34. The molecule has 2 heterocycles. The van der Waals surface area contributed by atoms with Gasteiger partial charge in [-0.2, -0.15) is 0 Å². The van der Waals surface area contributed by atoms with Gasteiger partial charge in [0.15, 0.2) is 5.75 Å². The normalized spacial score (nSPS) is 12.3. The van der Waals surface area contributed by atoms with Gasteiger partial charge in [0.2, 0.25) is 5.88 Å². The number of hydrogen-bond acceptors (Lipinski definition) is 6. The first kappa shape index (κ1) is 18.6. The number of aromatic nitrogens is 2. The molecule has 0 saturated carbocycles. The molecule has 9 nitrogen and oxygen atoms in total. The lowest BCUT2D eigenvalue weighted by atomic mass is 10.0. The van der Waals surface area contributed by atoms with E-state index in [-0.39, 0.29) is 33.4 Å². The number of rotatable bonds is 2. The second kappa shape index (κ2) is 6.71. The van der Waals surface area contributed by atoms with E-state index in [0.717, 1.165) is 4.57 Å². The fourth-order valence-electron chi connectivity index (χ4n) is 3.07. The fraction of sp³-hybridized carbons (Fsp3) is 0.105. The van der Waals surface area contributed by atoms with Crippen LogP contribution in [0.5, 0.6) is 11.6 Å². The molecule has 0 unspecified atom stereocenters. The van der Waals surface area contributed by atoms with E-state index in [1.165, 1.54) is 36.9 Å². The Morgan fingerprint density at radius 3 is 2.55 bits per heavy atom. The standard InChI is InChI=1S/C19H13ClN4O5/c1-22-17(25)15-16(11-9-10(24(27)28)7-8-12(11)20)21-13-5-3-4-6-14(13)29-18(15)23(2)19(22)26/h3-9H,1-2H3. The number of para-hydroxylation sites is 2. The zero-order chi connectivity index (χ0) is 20.9. The Morgan fingerprint density at radius 1 is 1.10 bits per heavy atom. The average Bonchev–Trinajstić information content (AvgIpc) is 2.88. The lowest BCUT2D eigenvalue weighted by Crippen LogP contribution is -2.40. The van der Waals surface area contributed by atoms with Gasteiger partial charge in [-0.1, -0.05) is 23.7 Å². The summed E-state index contributed by atoms with van der Waals surface area (Å²) in [7, 11) is 2.79. The van der Waals surface area contributed by atoms with E-state index >= 15 is 0 Å². The van der Waals surface area contributed by atoms with Crippen LogP contribution in [0.3, 0.4) is 0 Å². The van der Waals surface area contributed by atoms with Crippen LogP contribution in [0.15, 0.2) is 57.0 Å². The zero-order valence-electron chi connectivity index (χ0n) is 15.2. The molecule has 3 aromatic rings. The van der Waals surface area contributed by atoms with Crippen molar-refractivity contribution < 1.29 is 9.66 Å². The van der Waals surface area contributed by atoms with Crippen molar-refractivity contribution in [1.29, 1.82) is 0 Å². The number of ether oxygens (including phenoxy) is 1. The minimum absolute atomic E-state index is 0.0202. The van der Waals surface area contributed by atoms with Gasteiger partial charge in [0.05, 0.1) is 15.7 Å². The number of benzene rings is 2. The molecule has 4 rings (SSSR count). The topological polar surface area (TPSA) is 109 Å². The number of nitrogens with zero attached hydrogens (tertiary/aromatic N) is 4. The Balaban J connectivity index is 2.16. The quantitative estimate of drug-likeness (QED) is 0.371. The summed E-state index contributed by atoms with van der Waals surface area (Å²) >= 11 is 6.32. The Hall–Kier alpha value is -3.72. The molecule has 146 valence electrons. The maximum atomic E-state index is 13.0. The van der Waals surface area contributed by atoms with Gasteiger partial charge < -0.3 is 4.74 Å². The van der Waals surface area contributed by atoms with Crippen molar-refractivity contribution in [3.05, 3.63) is 89.6 Å². The average molecular weight is 413 g/mol. The third-order valence-electron chi connectivity index (χ3n) is 4.57. The summed E-state index contributed by atoms with van der Waals surface area (Å²) in [5, 5.41) is 11.4. The maximum Gasteiger partial charge on any atom is 0.333 e.